The molecule has 0 spiro atoms. The fourth-order valence-corrected chi connectivity index (χ4v) is 0.857. The summed E-state index contributed by atoms with van der Waals surface area (Å²) in [5.41, 5.74) is 0. The molecule has 1 aliphatic rings. The molecule has 0 radical (unpaired) electrons. The Bertz CT molecular complexity index is 109. The Morgan fingerprint density at radius 1 is 1.67 bits per heavy atom. The van der Waals surface area contributed by atoms with Gasteiger partial charge < -0.3 is 9.47 Å². The van der Waals surface area contributed by atoms with Crippen LogP contribution in [0.15, 0.2) is 12.3 Å². The van der Waals surface area contributed by atoms with Crippen molar-refractivity contribution >= 4 is 0 Å². The summed E-state index contributed by atoms with van der Waals surface area (Å²) in [4.78, 5) is 0. The van der Waals surface area contributed by atoms with Crippen molar-refractivity contribution < 1.29 is 9.47 Å². The minimum absolute atomic E-state index is 0.0231. The molecular formula is C7H12O2. The highest BCUT2D eigenvalue weighted by atomic mass is 16.7. The summed E-state index contributed by atoms with van der Waals surface area (Å²) in [6, 6.07) is 0. The van der Waals surface area contributed by atoms with Crippen LogP contribution in [0.5, 0.6) is 0 Å². The van der Waals surface area contributed by atoms with Crippen molar-refractivity contribution in [2.45, 2.75) is 19.6 Å². The van der Waals surface area contributed by atoms with Crippen molar-refractivity contribution in [2.24, 2.45) is 5.92 Å². The van der Waals surface area contributed by atoms with E-state index in [1.807, 2.05) is 6.08 Å². The van der Waals surface area contributed by atoms with Crippen LogP contribution >= 0.6 is 0 Å². The van der Waals surface area contributed by atoms with Crippen molar-refractivity contribution in [2.75, 3.05) is 7.11 Å². The van der Waals surface area contributed by atoms with Gasteiger partial charge >= 0.3 is 0 Å². The van der Waals surface area contributed by atoms with Gasteiger partial charge in [0.15, 0.2) is 6.29 Å². The lowest BCUT2D eigenvalue weighted by Gasteiger charge is -2.21. The number of rotatable bonds is 1. The highest BCUT2D eigenvalue weighted by molar-refractivity contribution is 4.85. The second-order valence-electron chi connectivity index (χ2n) is 2.34. The molecule has 0 amide bonds. The molecule has 2 heteroatoms. The van der Waals surface area contributed by atoms with Crippen LogP contribution in [0.1, 0.15) is 13.3 Å². The lowest BCUT2D eigenvalue weighted by molar-refractivity contribution is -0.0993. The maximum atomic E-state index is 5.09. The van der Waals surface area contributed by atoms with E-state index in [1.165, 1.54) is 0 Å². The first-order chi connectivity index (χ1) is 4.33. The van der Waals surface area contributed by atoms with Crippen LogP contribution in [-0.4, -0.2) is 13.4 Å². The Morgan fingerprint density at radius 3 is 2.89 bits per heavy atom. The molecule has 2 nitrogen and oxygen atoms in total. The van der Waals surface area contributed by atoms with Gasteiger partial charge in [0, 0.05) is 13.5 Å². The minimum atomic E-state index is -0.0231. The summed E-state index contributed by atoms with van der Waals surface area (Å²) in [5.74, 6) is 0.587. The lowest BCUT2D eigenvalue weighted by atomic mass is 10.1. The molecule has 0 saturated heterocycles. The number of hydrogen-bond acceptors (Lipinski definition) is 2. The van der Waals surface area contributed by atoms with E-state index < -0.39 is 0 Å². The molecule has 0 N–H and O–H groups in total. The van der Waals surface area contributed by atoms with Gasteiger partial charge in [0.05, 0.1) is 6.26 Å². The van der Waals surface area contributed by atoms with Crippen LogP contribution in [0.25, 0.3) is 0 Å². The SMILES string of the molecule is CO[C@@H]1C[C@@H](C)C=CO1. The van der Waals surface area contributed by atoms with Crippen molar-refractivity contribution in [3.63, 3.8) is 0 Å². The van der Waals surface area contributed by atoms with Gasteiger partial charge in [0.2, 0.25) is 0 Å². The highest BCUT2D eigenvalue weighted by Crippen LogP contribution is 2.16. The number of methoxy groups -OCH3 is 1. The van der Waals surface area contributed by atoms with E-state index >= 15 is 0 Å². The molecular weight excluding hydrogens is 116 g/mol. The summed E-state index contributed by atoms with van der Waals surface area (Å²) in [6.07, 6.45) is 4.69. The van der Waals surface area contributed by atoms with E-state index in [0.29, 0.717) is 5.92 Å². The first kappa shape index (κ1) is 6.62. The van der Waals surface area contributed by atoms with Crippen LogP contribution in [0.2, 0.25) is 0 Å². The molecule has 1 heterocycles. The number of ether oxygens (including phenoxy) is 2. The molecule has 1 rings (SSSR count). The topological polar surface area (TPSA) is 18.5 Å². The second-order valence-corrected chi connectivity index (χ2v) is 2.34. The molecule has 0 saturated carbocycles. The van der Waals surface area contributed by atoms with Gasteiger partial charge in [-0.25, -0.2) is 0 Å². The zero-order valence-corrected chi connectivity index (χ0v) is 5.83. The van der Waals surface area contributed by atoms with Crippen molar-refractivity contribution in [1.29, 1.82) is 0 Å². The predicted octanol–water partition coefficient (Wildman–Crippen LogP) is 1.53. The van der Waals surface area contributed by atoms with E-state index in [2.05, 4.69) is 6.92 Å². The molecule has 0 fully saturated rings. The normalized spacial score (nSPS) is 34.0. The van der Waals surface area contributed by atoms with E-state index in [0.717, 1.165) is 6.42 Å². The zero-order valence-electron chi connectivity index (χ0n) is 5.83. The van der Waals surface area contributed by atoms with Crippen LogP contribution in [-0.2, 0) is 9.47 Å². The fourth-order valence-electron chi connectivity index (χ4n) is 0.857. The first-order valence-electron chi connectivity index (χ1n) is 3.18. The zero-order chi connectivity index (χ0) is 6.69. The summed E-state index contributed by atoms with van der Waals surface area (Å²) in [6.45, 7) is 2.14. The van der Waals surface area contributed by atoms with Gasteiger partial charge in [-0.3, -0.25) is 0 Å². The van der Waals surface area contributed by atoms with Crippen LogP contribution in [0, 0.1) is 5.92 Å². The van der Waals surface area contributed by atoms with Crippen molar-refractivity contribution in [1.82, 2.24) is 0 Å². The van der Waals surface area contributed by atoms with E-state index in [4.69, 9.17) is 9.47 Å². The van der Waals surface area contributed by atoms with Crippen molar-refractivity contribution in [3.8, 4) is 0 Å². The van der Waals surface area contributed by atoms with Crippen molar-refractivity contribution in [3.05, 3.63) is 12.3 Å². The average Bonchev–Trinajstić information content (AvgIpc) is 1.88. The molecule has 0 aromatic rings. The molecule has 9 heavy (non-hydrogen) atoms. The lowest BCUT2D eigenvalue weighted by Crippen LogP contribution is -2.18. The second kappa shape index (κ2) is 2.87. The Morgan fingerprint density at radius 2 is 2.44 bits per heavy atom. The van der Waals surface area contributed by atoms with E-state index in [-0.39, 0.29) is 6.29 Å². The first-order valence-corrected chi connectivity index (χ1v) is 3.18. The third-order valence-electron chi connectivity index (χ3n) is 1.46. The molecule has 0 aromatic carbocycles. The average molecular weight is 128 g/mol. The molecule has 0 aliphatic carbocycles. The summed E-state index contributed by atoms with van der Waals surface area (Å²) in [7, 11) is 1.66. The number of hydrogen-bond donors (Lipinski definition) is 0. The smallest absolute Gasteiger partial charge is 0.199 e. The monoisotopic (exact) mass is 128 g/mol. The largest absolute Gasteiger partial charge is 0.473 e. The van der Waals surface area contributed by atoms with Crippen LogP contribution < -0.4 is 0 Å². The van der Waals surface area contributed by atoms with Gasteiger partial charge in [0.25, 0.3) is 0 Å². The van der Waals surface area contributed by atoms with Crippen LogP contribution in [0.3, 0.4) is 0 Å². The summed E-state index contributed by atoms with van der Waals surface area (Å²) >= 11 is 0. The maximum Gasteiger partial charge on any atom is 0.199 e. The maximum absolute atomic E-state index is 5.09. The Labute approximate surface area is 55.5 Å². The van der Waals surface area contributed by atoms with Gasteiger partial charge in [-0.05, 0) is 12.0 Å². The molecule has 1 aliphatic heterocycles. The predicted molar refractivity (Wildman–Crippen MR) is 34.8 cm³/mol. The Hall–Kier alpha value is -0.500. The van der Waals surface area contributed by atoms with E-state index in [9.17, 15) is 0 Å². The molecule has 0 aromatic heterocycles. The third kappa shape index (κ3) is 1.72. The minimum Gasteiger partial charge on any atom is -0.473 e. The molecule has 52 valence electrons. The van der Waals surface area contributed by atoms with Gasteiger partial charge in [-0.1, -0.05) is 6.92 Å². The van der Waals surface area contributed by atoms with Crippen LogP contribution in [0.4, 0.5) is 0 Å². The Balaban J connectivity index is 2.38. The molecule has 0 unspecified atom stereocenters. The number of allylic oxidation sites excluding steroid dienone is 1. The summed E-state index contributed by atoms with van der Waals surface area (Å²) in [5, 5.41) is 0. The molecule has 2 atom stereocenters. The Kier molecular flexibility index (Phi) is 2.11. The van der Waals surface area contributed by atoms with Gasteiger partial charge in [-0.2, -0.15) is 0 Å². The summed E-state index contributed by atoms with van der Waals surface area (Å²) < 4.78 is 10.1. The highest BCUT2D eigenvalue weighted by Gasteiger charge is 2.13. The quantitative estimate of drug-likeness (QED) is 0.533. The fraction of sp³-hybridized carbons (Fsp3) is 0.714. The van der Waals surface area contributed by atoms with E-state index in [1.54, 1.807) is 13.4 Å². The van der Waals surface area contributed by atoms with Gasteiger partial charge in [0.1, 0.15) is 0 Å². The third-order valence-corrected chi connectivity index (χ3v) is 1.46. The standard InChI is InChI=1S/C7H12O2/c1-6-3-4-9-7(5-6)8-2/h3-4,6-7H,5H2,1-2H3/t6-,7-/m0/s1. The van der Waals surface area contributed by atoms with Gasteiger partial charge in [-0.15, -0.1) is 0 Å². The molecule has 0 bridgehead atoms.